The van der Waals surface area contributed by atoms with E-state index in [0.29, 0.717) is 56.9 Å². The summed E-state index contributed by atoms with van der Waals surface area (Å²) in [6.07, 6.45) is -17.3. The van der Waals surface area contributed by atoms with Crippen molar-refractivity contribution in [1.82, 2.24) is 41.5 Å². The van der Waals surface area contributed by atoms with Gasteiger partial charge in [-0.05, 0) is 67.4 Å². The minimum Gasteiger partial charge on any atom is -0.504 e. The summed E-state index contributed by atoms with van der Waals surface area (Å²) in [6.45, 7) is 3.74. The Balaban J connectivity index is 1.22. The number of amides is 8. The molecule has 0 spiro atoms. The van der Waals surface area contributed by atoms with Gasteiger partial charge in [0.15, 0.2) is 23.5 Å². The number of fused-ring (bicyclic) bond motifs is 2. The summed E-state index contributed by atoms with van der Waals surface area (Å²) in [4.78, 5) is 115. The summed E-state index contributed by atoms with van der Waals surface area (Å²) < 4.78 is 48.1. The van der Waals surface area contributed by atoms with Crippen LogP contribution < -0.4 is 41.2 Å². The number of hydrogen-bond acceptors (Lipinski definition) is 23. The van der Waals surface area contributed by atoms with Gasteiger partial charge in [0.1, 0.15) is 66.0 Å². The second-order valence-electron chi connectivity index (χ2n) is 21.9. The van der Waals surface area contributed by atoms with Gasteiger partial charge in [-0.25, -0.2) is 0 Å². The molecule has 3 fully saturated rings. The third kappa shape index (κ3) is 16.9. The van der Waals surface area contributed by atoms with Gasteiger partial charge in [-0.15, -0.1) is 0 Å². The maximum Gasteiger partial charge on any atom is 0.446 e. The number of hydrogen-bond donors (Lipinski definition) is 16. The first-order chi connectivity index (χ1) is 42.0. The Hall–Kier alpha value is -8.38. The highest BCUT2D eigenvalue weighted by atomic mass is 32.3. The summed E-state index contributed by atoms with van der Waals surface area (Å²) in [5, 5.41) is 116. The number of phenolic OH excluding ortho intramolecular Hbond substituents is 1. The Kier molecular flexibility index (Phi) is 22.4. The minimum atomic E-state index is -5.35. The van der Waals surface area contributed by atoms with Crippen LogP contribution in [0.3, 0.4) is 0 Å². The molecule has 17 N–H and O–H groups in total. The summed E-state index contributed by atoms with van der Waals surface area (Å²) in [7, 11) is -5.35. The van der Waals surface area contributed by atoms with Crippen LogP contribution in [0.5, 0.6) is 17.2 Å². The Labute approximate surface area is 507 Å². The molecule has 8 amide bonds. The molecule has 1 aromatic heterocycles. The smallest absolute Gasteiger partial charge is 0.446 e. The van der Waals surface area contributed by atoms with E-state index in [2.05, 4.69) is 32.2 Å². The van der Waals surface area contributed by atoms with Crippen LogP contribution in [0.4, 0.5) is 0 Å². The van der Waals surface area contributed by atoms with Gasteiger partial charge in [0, 0.05) is 54.6 Å². The number of carbonyl (C=O) groups is 8. The molecule has 3 aliphatic heterocycles. The first-order valence-corrected chi connectivity index (χ1v) is 29.5. The summed E-state index contributed by atoms with van der Waals surface area (Å²) in [5.41, 5.74) is 6.17. The molecule has 484 valence electrons. The fourth-order valence-electron chi connectivity index (χ4n) is 10.3. The topological polar surface area (TPSA) is 510 Å². The van der Waals surface area contributed by atoms with Crippen molar-refractivity contribution in [3.63, 3.8) is 0 Å². The fourth-order valence-corrected chi connectivity index (χ4v) is 10.7. The predicted molar refractivity (Wildman–Crippen MR) is 304 cm³/mol. The lowest BCUT2D eigenvalue weighted by molar-refractivity contribution is -0.149. The molecular weight excluding hydrogens is 1200 g/mol. The van der Waals surface area contributed by atoms with Gasteiger partial charge in [0.2, 0.25) is 41.4 Å². The quantitative estimate of drug-likeness (QED) is 0.0334. The maximum absolute atomic E-state index is 14.7. The second kappa shape index (κ2) is 29.3. The zero-order valence-corrected chi connectivity index (χ0v) is 48.9. The molecule has 3 aromatic carbocycles. The van der Waals surface area contributed by atoms with Crippen LogP contribution >= 0.6 is 0 Å². The van der Waals surface area contributed by atoms with Crippen molar-refractivity contribution < 1.29 is 111 Å². The van der Waals surface area contributed by atoms with E-state index in [1.54, 1.807) is 30.3 Å². The molecule has 0 saturated carbocycles. The van der Waals surface area contributed by atoms with Gasteiger partial charge >= 0.3 is 10.4 Å². The second-order valence-corrected chi connectivity index (χ2v) is 22.9. The third-order valence-electron chi connectivity index (χ3n) is 15.2. The van der Waals surface area contributed by atoms with E-state index in [1.165, 1.54) is 31.2 Å². The minimum absolute atomic E-state index is 0.107. The maximum atomic E-state index is 14.7. The number of aliphatic hydroxyl groups excluding tert-OH is 8. The van der Waals surface area contributed by atoms with Crippen LogP contribution in [0, 0.1) is 5.92 Å². The van der Waals surface area contributed by atoms with Gasteiger partial charge in [-0.3, -0.25) is 42.9 Å². The molecule has 4 aromatic rings. The van der Waals surface area contributed by atoms with Crippen LogP contribution in [0.25, 0.3) is 22.6 Å². The molecule has 4 heterocycles. The van der Waals surface area contributed by atoms with Crippen molar-refractivity contribution in [3.05, 3.63) is 83.9 Å². The highest BCUT2D eigenvalue weighted by Crippen LogP contribution is 2.34. The number of aliphatic hydroxyl groups is 8. The number of phenols is 1. The first-order valence-electron chi connectivity index (χ1n) is 28.1. The van der Waals surface area contributed by atoms with Crippen molar-refractivity contribution in [1.29, 1.82) is 0 Å². The van der Waals surface area contributed by atoms with Crippen molar-refractivity contribution in [3.8, 4) is 39.8 Å². The standard InChI is InChI=1S/C56H71N9O23S/c1-4-5-6-17-86-32-14-11-28(12-15-32)39-21-33(63-87-39)27-7-9-29(10-8-27)49(75)58-34-20-38(70)52(78)62-54(80)45-46(72)25(2)23-65(45)56(82)43(37(69)22-41(57)71)60-53(79)44(48(74)47(73)30-13-16-36(68)40(18-30)88-89(83,84)85)61-51(77)35-19-31(67)24-64(35)55(81)42(26(3)66)59-50(34)76/h7-16,18,21,25-26,31,34-35,37-38,42-48,52,66-70,72-74,78H,4-6,17,19-20,22-24H2,1-3H3,(H2,57,71)(H,58,75)(H,59,76)(H,60,79)(H,61,77)(H,62,80)(H,83,84,85)/t25-,26+,31+,34-,35-,37+,38+,42-,43-,44-,45-,46-,47-,48-,52-/m0/s1. The van der Waals surface area contributed by atoms with Crippen LogP contribution in [0.15, 0.2) is 77.3 Å². The van der Waals surface area contributed by atoms with E-state index in [-0.39, 0.29) is 5.56 Å². The highest BCUT2D eigenvalue weighted by molar-refractivity contribution is 7.81. The Morgan fingerprint density at radius 2 is 1.43 bits per heavy atom. The average molecular weight is 1270 g/mol. The molecule has 0 radical (unpaired) electrons. The normalized spacial score (nSPS) is 26.4. The SMILES string of the molecule is CCCCCOc1ccc(-c2cc(-c3ccc(C(=O)N[C@H]4C[C@@H](O)[C@H](O)NC(=O)[C@@H]5[C@@H](O)[C@@H](C)CN5C(=O)[C@H]([C@H](O)CC(N)=O)NC(=O)[C@H]([C@H](O)[C@@H](O)c5ccc(O)c(OS(=O)(=O)O)c5)NC(=O)[C@@H]5C[C@@H](O)CN5C(=O)[C@H]([C@@H](C)O)NC4=O)cc3)no2)cc1. The lowest BCUT2D eigenvalue weighted by Gasteiger charge is -2.34. The summed E-state index contributed by atoms with van der Waals surface area (Å²) in [6, 6.07) is 3.52. The number of nitrogens with two attached hydrogens (primary N) is 1. The third-order valence-corrected chi connectivity index (χ3v) is 15.6. The summed E-state index contributed by atoms with van der Waals surface area (Å²) in [5.74, 6) is -12.9. The van der Waals surface area contributed by atoms with Crippen LogP contribution in [0.2, 0.25) is 0 Å². The number of nitrogens with zero attached hydrogens (tertiary/aromatic N) is 3. The lowest BCUT2D eigenvalue weighted by atomic mass is 9.96. The molecule has 3 aliphatic rings. The van der Waals surface area contributed by atoms with E-state index in [0.717, 1.165) is 32.3 Å². The first kappa shape index (κ1) is 68.1. The van der Waals surface area contributed by atoms with Gasteiger partial charge in [0.25, 0.3) is 5.91 Å². The predicted octanol–water partition coefficient (Wildman–Crippen LogP) is -3.90. The van der Waals surface area contributed by atoms with Crippen molar-refractivity contribution in [2.45, 2.75) is 145 Å². The molecule has 7 rings (SSSR count). The van der Waals surface area contributed by atoms with E-state index < -0.39 is 198 Å². The number of benzene rings is 3. The van der Waals surface area contributed by atoms with E-state index >= 15 is 0 Å². The lowest BCUT2D eigenvalue weighted by Crippen LogP contribution is -2.64. The average Bonchev–Trinajstić information content (AvgIpc) is 2.76. The molecule has 0 aliphatic carbocycles. The molecule has 15 atom stereocenters. The van der Waals surface area contributed by atoms with Gasteiger partial charge < -0.3 is 102 Å². The number of rotatable bonds is 18. The molecule has 3 saturated heterocycles. The molecule has 0 unspecified atom stereocenters. The van der Waals surface area contributed by atoms with Gasteiger partial charge in [-0.1, -0.05) is 50.0 Å². The largest absolute Gasteiger partial charge is 0.504 e. The molecule has 32 nitrogen and oxygen atoms in total. The monoisotopic (exact) mass is 1270 g/mol. The summed E-state index contributed by atoms with van der Waals surface area (Å²) >= 11 is 0. The number of aromatic hydroxyl groups is 1. The van der Waals surface area contributed by atoms with Crippen molar-refractivity contribution in [2.24, 2.45) is 11.7 Å². The van der Waals surface area contributed by atoms with Crippen LogP contribution in [-0.4, -0.2) is 220 Å². The van der Waals surface area contributed by atoms with Crippen LogP contribution in [-0.2, 0) is 44.0 Å². The van der Waals surface area contributed by atoms with Crippen molar-refractivity contribution >= 4 is 57.7 Å². The number of unbranched alkanes of at least 4 members (excludes halogenated alkanes) is 2. The Bertz CT molecular complexity index is 3340. The highest BCUT2D eigenvalue weighted by Gasteiger charge is 2.51. The number of nitrogens with one attached hydrogen (secondary N) is 5. The van der Waals surface area contributed by atoms with Gasteiger partial charge in [0.05, 0.1) is 37.4 Å². The zero-order valence-electron chi connectivity index (χ0n) is 48.1. The number of aromatic nitrogens is 1. The van der Waals surface area contributed by atoms with Gasteiger partial charge in [-0.2, -0.15) is 8.42 Å². The Morgan fingerprint density at radius 3 is 2.07 bits per heavy atom. The number of ether oxygens (including phenoxy) is 1. The molecule has 89 heavy (non-hydrogen) atoms. The Morgan fingerprint density at radius 1 is 0.787 bits per heavy atom. The van der Waals surface area contributed by atoms with E-state index in [9.17, 15) is 97.3 Å². The van der Waals surface area contributed by atoms with Crippen molar-refractivity contribution in [2.75, 3.05) is 19.7 Å². The molecule has 33 heteroatoms. The van der Waals surface area contributed by atoms with E-state index in [1.807, 2.05) is 10.6 Å². The zero-order chi connectivity index (χ0) is 65.3. The molecular formula is C56H71N9O23S. The number of carbonyl (C=O) groups excluding carboxylic acids is 8. The van der Waals surface area contributed by atoms with Crippen LogP contribution in [0.1, 0.15) is 81.3 Å². The number of primary amides is 1. The van der Waals surface area contributed by atoms with E-state index in [4.69, 9.17) is 15.0 Å². The fraction of sp³-hybridized carbons (Fsp3) is 0.482. The molecule has 0 bridgehead atoms.